The highest BCUT2D eigenvalue weighted by atomic mass is 35.5. The van der Waals surface area contributed by atoms with E-state index in [1.807, 2.05) is 0 Å². The van der Waals surface area contributed by atoms with Gasteiger partial charge in [0.2, 0.25) is 0 Å². The predicted octanol–water partition coefficient (Wildman–Crippen LogP) is 1.88. The highest BCUT2D eigenvalue weighted by molar-refractivity contribution is 6.32. The van der Waals surface area contributed by atoms with Crippen LogP contribution >= 0.6 is 11.6 Å². The van der Waals surface area contributed by atoms with Crippen molar-refractivity contribution in [3.05, 3.63) is 28.3 Å². The van der Waals surface area contributed by atoms with Crippen molar-refractivity contribution in [1.82, 2.24) is 0 Å². The summed E-state index contributed by atoms with van der Waals surface area (Å²) in [4.78, 5) is 0. The van der Waals surface area contributed by atoms with Crippen LogP contribution in [0.1, 0.15) is 11.1 Å². The number of rotatable bonds is 0. The summed E-state index contributed by atoms with van der Waals surface area (Å²) in [6, 6.07) is 3.18. The molecule has 2 heteroatoms. The van der Waals surface area contributed by atoms with Gasteiger partial charge in [-0.3, -0.25) is 0 Å². The van der Waals surface area contributed by atoms with Crippen molar-refractivity contribution in [2.45, 2.75) is 0 Å². The van der Waals surface area contributed by atoms with Gasteiger partial charge in [0.15, 0.2) is 0 Å². The highest BCUT2D eigenvalue weighted by Gasteiger charge is 2.01. The first-order valence-electron chi connectivity index (χ1n) is 3.21. The van der Waals surface area contributed by atoms with Gasteiger partial charge >= 0.3 is 0 Å². The molecule has 0 unspecified atom stereocenters. The third-order valence-corrected chi connectivity index (χ3v) is 1.76. The number of terminal acetylenes is 2. The Bertz CT molecular complexity index is 354. The van der Waals surface area contributed by atoms with Gasteiger partial charge in [0.1, 0.15) is 0 Å². The van der Waals surface area contributed by atoms with Crippen LogP contribution in [0.2, 0.25) is 5.02 Å². The molecule has 0 spiro atoms. The van der Waals surface area contributed by atoms with Crippen molar-refractivity contribution < 1.29 is 0 Å². The largest absolute Gasteiger partial charge is 0.398 e. The molecule has 1 aromatic rings. The fourth-order valence-corrected chi connectivity index (χ4v) is 1.04. The van der Waals surface area contributed by atoms with E-state index < -0.39 is 0 Å². The fraction of sp³-hybridized carbons (Fsp3) is 0. The molecular weight excluding hydrogens is 170 g/mol. The van der Waals surface area contributed by atoms with Gasteiger partial charge in [-0.15, -0.1) is 12.8 Å². The number of hydrogen-bond acceptors (Lipinski definition) is 1. The summed E-state index contributed by atoms with van der Waals surface area (Å²) in [6.45, 7) is 0. The maximum absolute atomic E-state index is 5.79. The van der Waals surface area contributed by atoms with Gasteiger partial charge in [0.25, 0.3) is 0 Å². The van der Waals surface area contributed by atoms with Gasteiger partial charge in [-0.2, -0.15) is 0 Å². The zero-order valence-corrected chi connectivity index (χ0v) is 7.02. The molecule has 0 amide bonds. The number of nitrogen functional groups attached to an aromatic ring is 1. The second-order valence-electron chi connectivity index (χ2n) is 2.21. The molecule has 0 radical (unpaired) electrons. The number of hydrogen-bond donors (Lipinski definition) is 1. The Morgan fingerprint density at radius 3 is 2.25 bits per heavy atom. The number of benzene rings is 1. The maximum Gasteiger partial charge on any atom is 0.0576 e. The first kappa shape index (κ1) is 8.53. The minimum absolute atomic E-state index is 0.458. The molecule has 0 aliphatic carbocycles. The van der Waals surface area contributed by atoms with Crippen LogP contribution < -0.4 is 5.73 Å². The minimum atomic E-state index is 0.458. The molecule has 58 valence electrons. The molecule has 1 aromatic carbocycles. The normalized spacial score (nSPS) is 8.58. The van der Waals surface area contributed by atoms with Crippen LogP contribution in [0, 0.1) is 24.7 Å². The van der Waals surface area contributed by atoms with Crippen LogP contribution in [0.3, 0.4) is 0 Å². The Hall–Kier alpha value is -1.57. The second kappa shape index (κ2) is 3.22. The molecule has 0 aliphatic rings. The third kappa shape index (κ3) is 1.37. The molecule has 0 bridgehead atoms. The SMILES string of the molecule is C#Cc1cc(Cl)c(C#C)cc1N. The molecule has 12 heavy (non-hydrogen) atoms. The summed E-state index contributed by atoms with van der Waals surface area (Å²) in [7, 11) is 0. The van der Waals surface area contributed by atoms with Crippen LogP contribution in [-0.4, -0.2) is 0 Å². The lowest BCUT2D eigenvalue weighted by Gasteiger charge is -2.01. The quantitative estimate of drug-likeness (QED) is 0.473. The van der Waals surface area contributed by atoms with Gasteiger partial charge < -0.3 is 5.73 Å². The number of nitrogens with two attached hydrogens (primary N) is 1. The smallest absolute Gasteiger partial charge is 0.0576 e. The zero-order chi connectivity index (χ0) is 9.14. The van der Waals surface area contributed by atoms with E-state index in [9.17, 15) is 0 Å². The van der Waals surface area contributed by atoms with Crippen molar-refractivity contribution in [2.75, 3.05) is 5.73 Å². The van der Waals surface area contributed by atoms with Gasteiger partial charge in [0.05, 0.1) is 5.02 Å². The van der Waals surface area contributed by atoms with E-state index in [1.54, 1.807) is 12.1 Å². The van der Waals surface area contributed by atoms with Gasteiger partial charge in [-0.25, -0.2) is 0 Å². The molecule has 0 saturated carbocycles. The van der Waals surface area contributed by atoms with Crippen molar-refractivity contribution in [3.8, 4) is 24.7 Å². The zero-order valence-electron chi connectivity index (χ0n) is 6.26. The summed E-state index contributed by atoms with van der Waals surface area (Å²) in [5, 5.41) is 0.458. The van der Waals surface area contributed by atoms with Crippen LogP contribution in [0.25, 0.3) is 0 Å². The van der Waals surface area contributed by atoms with E-state index in [-0.39, 0.29) is 0 Å². The molecule has 0 fully saturated rings. The lowest BCUT2D eigenvalue weighted by atomic mass is 10.1. The Morgan fingerprint density at radius 2 is 1.75 bits per heavy atom. The molecule has 0 aromatic heterocycles. The molecule has 2 N–H and O–H groups in total. The first-order valence-corrected chi connectivity index (χ1v) is 3.59. The van der Waals surface area contributed by atoms with Crippen LogP contribution in [0.4, 0.5) is 5.69 Å². The highest BCUT2D eigenvalue weighted by Crippen LogP contribution is 2.21. The van der Waals surface area contributed by atoms with Crippen molar-refractivity contribution in [1.29, 1.82) is 0 Å². The molecule has 1 rings (SSSR count). The predicted molar refractivity (Wildman–Crippen MR) is 51.7 cm³/mol. The molecular formula is C10H6ClN. The van der Waals surface area contributed by atoms with Gasteiger partial charge in [-0.05, 0) is 12.1 Å². The summed E-state index contributed by atoms with van der Waals surface area (Å²) in [6.07, 6.45) is 10.3. The Balaban J connectivity index is 3.41. The van der Waals surface area contributed by atoms with Crippen LogP contribution in [-0.2, 0) is 0 Å². The van der Waals surface area contributed by atoms with Crippen LogP contribution in [0.15, 0.2) is 12.1 Å². The molecule has 0 atom stereocenters. The van der Waals surface area contributed by atoms with E-state index in [0.717, 1.165) is 0 Å². The van der Waals surface area contributed by atoms with E-state index in [0.29, 0.717) is 21.8 Å². The molecule has 1 nitrogen and oxygen atoms in total. The summed E-state index contributed by atoms with van der Waals surface area (Å²) in [5.74, 6) is 4.82. The van der Waals surface area contributed by atoms with Crippen molar-refractivity contribution in [3.63, 3.8) is 0 Å². The first-order chi connectivity index (χ1) is 5.69. The summed E-state index contributed by atoms with van der Waals surface area (Å²) >= 11 is 5.79. The number of halogens is 1. The standard InChI is InChI=1S/C10H6ClN/c1-3-7-6-10(12)8(4-2)5-9(7)11/h1-2,5-6H,12H2. The third-order valence-electron chi connectivity index (χ3n) is 1.45. The van der Waals surface area contributed by atoms with Crippen LogP contribution in [0.5, 0.6) is 0 Å². The lowest BCUT2D eigenvalue weighted by molar-refractivity contribution is 1.59. The Morgan fingerprint density at radius 1 is 1.17 bits per heavy atom. The Labute approximate surface area is 76.5 Å². The Kier molecular flexibility index (Phi) is 2.29. The number of anilines is 1. The lowest BCUT2D eigenvalue weighted by Crippen LogP contribution is -1.91. The molecule has 0 aliphatic heterocycles. The van der Waals surface area contributed by atoms with E-state index in [4.69, 9.17) is 30.2 Å². The maximum atomic E-state index is 5.79. The van der Waals surface area contributed by atoms with Gasteiger partial charge in [0, 0.05) is 16.8 Å². The summed E-state index contributed by atoms with van der Waals surface area (Å²) < 4.78 is 0. The average Bonchev–Trinajstić information content (AvgIpc) is 2.08. The topological polar surface area (TPSA) is 26.0 Å². The van der Waals surface area contributed by atoms with Gasteiger partial charge in [-0.1, -0.05) is 23.4 Å². The van der Waals surface area contributed by atoms with Crippen molar-refractivity contribution in [2.24, 2.45) is 0 Å². The molecule has 0 heterocycles. The summed E-state index contributed by atoms with van der Waals surface area (Å²) in [5.41, 5.74) is 7.19. The minimum Gasteiger partial charge on any atom is -0.398 e. The van der Waals surface area contributed by atoms with E-state index in [1.165, 1.54) is 0 Å². The average molecular weight is 176 g/mol. The van der Waals surface area contributed by atoms with E-state index >= 15 is 0 Å². The van der Waals surface area contributed by atoms with E-state index in [2.05, 4.69) is 11.8 Å². The van der Waals surface area contributed by atoms with Crippen molar-refractivity contribution >= 4 is 17.3 Å². The second-order valence-corrected chi connectivity index (χ2v) is 2.62. The fourth-order valence-electron chi connectivity index (χ4n) is 0.826. The monoisotopic (exact) mass is 175 g/mol. The molecule has 0 saturated heterocycles.